The van der Waals surface area contributed by atoms with E-state index in [0.717, 1.165) is 13.2 Å². The highest BCUT2D eigenvalue weighted by molar-refractivity contribution is 14.1. The van der Waals surface area contributed by atoms with Crippen LogP contribution in [0.1, 0.15) is 12.1 Å². The molecular weight excluding hydrogens is 325 g/mol. The fourth-order valence-corrected chi connectivity index (χ4v) is 1.56. The van der Waals surface area contributed by atoms with Crippen molar-refractivity contribution in [3.05, 3.63) is 25.4 Å². The van der Waals surface area contributed by atoms with E-state index in [9.17, 15) is 18.9 Å². The Labute approximate surface area is 96.7 Å². The van der Waals surface area contributed by atoms with Gasteiger partial charge in [-0.3, -0.25) is 10.1 Å². The van der Waals surface area contributed by atoms with Crippen LogP contribution in [-0.2, 0) is 0 Å². The van der Waals surface area contributed by atoms with Gasteiger partial charge in [-0.15, -0.1) is 0 Å². The number of hydrogen-bond acceptors (Lipinski definition) is 4. The first-order valence-corrected chi connectivity index (χ1v) is 4.72. The molecule has 0 radical (unpaired) electrons. The van der Waals surface area contributed by atoms with Crippen LogP contribution >= 0.6 is 22.6 Å². The van der Waals surface area contributed by atoms with E-state index in [1.54, 1.807) is 22.6 Å². The quantitative estimate of drug-likeness (QED) is 0.485. The molecular formula is C7H5F2IN2O3. The van der Waals surface area contributed by atoms with Crippen LogP contribution in [0, 0.1) is 13.7 Å². The fourth-order valence-electron chi connectivity index (χ4n) is 0.910. The third kappa shape index (κ3) is 2.49. The second-order valence-electron chi connectivity index (χ2n) is 2.44. The number of nitro groups is 1. The normalized spacial score (nSPS) is 10.5. The zero-order chi connectivity index (χ0) is 11.6. The number of pyridine rings is 1. The van der Waals surface area contributed by atoms with Gasteiger partial charge in [-0.25, -0.2) is 13.8 Å². The lowest BCUT2D eigenvalue weighted by atomic mass is 10.3. The summed E-state index contributed by atoms with van der Waals surface area (Å²) in [5.74, 6) is -0.407. The summed E-state index contributed by atoms with van der Waals surface area (Å²) in [4.78, 5) is 13.2. The molecule has 0 spiro atoms. The molecule has 0 aliphatic heterocycles. The van der Waals surface area contributed by atoms with Crippen molar-refractivity contribution >= 4 is 28.3 Å². The minimum atomic E-state index is -2.79. The van der Waals surface area contributed by atoms with Crippen molar-refractivity contribution in [2.45, 2.75) is 6.43 Å². The molecule has 82 valence electrons. The first-order valence-electron chi connectivity index (χ1n) is 3.64. The number of rotatable bonds is 3. The van der Waals surface area contributed by atoms with Gasteiger partial charge < -0.3 is 4.74 Å². The van der Waals surface area contributed by atoms with E-state index in [1.807, 2.05) is 0 Å². The van der Waals surface area contributed by atoms with E-state index in [0.29, 0.717) is 0 Å². The second kappa shape index (κ2) is 4.64. The van der Waals surface area contributed by atoms with E-state index >= 15 is 0 Å². The molecule has 0 fully saturated rings. The van der Waals surface area contributed by atoms with E-state index in [1.165, 1.54) is 0 Å². The predicted octanol–water partition coefficient (Wildman–Crippen LogP) is 2.54. The number of aromatic nitrogens is 1. The van der Waals surface area contributed by atoms with Gasteiger partial charge in [0.05, 0.1) is 12.0 Å². The predicted molar refractivity (Wildman–Crippen MR) is 55.1 cm³/mol. The maximum Gasteiger partial charge on any atom is 0.332 e. The van der Waals surface area contributed by atoms with Crippen molar-refractivity contribution in [2.75, 3.05) is 7.11 Å². The SMILES string of the molecule is COc1nc(C(F)F)c(I)cc1[N+](=O)[O-]. The highest BCUT2D eigenvalue weighted by atomic mass is 127. The number of halogens is 3. The van der Waals surface area contributed by atoms with Crippen LogP contribution in [0.4, 0.5) is 14.5 Å². The van der Waals surface area contributed by atoms with Gasteiger partial charge in [-0.2, -0.15) is 0 Å². The molecule has 8 heteroatoms. The van der Waals surface area contributed by atoms with Gasteiger partial charge in [0.25, 0.3) is 12.3 Å². The van der Waals surface area contributed by atoms with Crippen molar-refractivity contribution in [1.82, 2.24) is 4.98 Å². The van der Waals surface area contributed by atoms with Crippen LogP contribution in [0.3, 0.4) is 0 Å². The Morgan fingerprint density at radius 2 is 2.27 bits per heavy atom. The summed E-state index contributed by atoms with van der Waals surface area (Å²) in [5, 5.41) is 10.5. The zero-order valence-electron chi connectivity index (χ0n) is 7.41. The monoisotopic (exact) mass is 330 g/mol. The lowest BCUT2D eigenvalue weighted by Crippen LogP contribution is -2.02. The van der Waals surface area contributed by atoms with E-state index in [4.69, 9.17) is 0 Å². The first-order chi connectivity index (χ1) is 6.97. The van der Waals surface area contributed by atoms with E-state index in [-0.39, 0.29) is 3.57 Å². The number of hydrogen-bond donors (Lipinski definition) is 0. The fraction of sp³-hybridized carbons (Fsp3) is 0.286. The Kier molecular flexibility index (Phi) is 3.72. The van der Waals surface area contributed by atoms with Gasteiger partial charge in [0.2, 0.25) is 0 Å². The third-order valence-corrected chi connectivity index (χ3v) is 2.41. The lowest BCUT2D eigenvalue weighted by molar-refractivity contribution is -0.386. The van der Waals surface area contributed by atoms with Crippen molar-refractivity contribution in [1.29, 1.82) is 0 Å². The number of nitrogens with zero attached hydrogens (tertiary/aromatic N) is 2. The summed E-state index contributed by atoms with van der Waals surface area (Å²) in [6, 6.07) is 1.01. The van der Waals surface area contributed by atoms with Crippen molar-refractivity contribution < 1.29 is 18.4 Å². The summed E-state index contributed by atoms with van der Waals surface area (Å²) < 4.78 is 29.4. The van der Waals surface area contributed by atoms with Crippen LogP contribution in [0.25, 0.3) is 0 Å². The molecule has 1 aromatic heterocycles. The summed E-state index contributed by atoms with van der Waals surface area (Å²) in [6.45, 7) is 0. The molecule has 1 heterocycles. The molecule has 1 aromatic rings. The number of methoxy groups -OCH3 is 1. The smallest absolute Gasteiger partial charge is 0.332 e. The van der Waals surface area contributed by atoms with Gasteiger partial charge in [0.1, 0.15) is 5.69 Å². The molecule has 15 heavy (non-hydrogen) atoms. The molecule has 0 bridgehead atoms. The number of alkyl halides is 2. The molecule has 5 nitrogen and oxygen atoms in total. The van der Waals surface area contributed by atoms with Gasteiger partial charge in [0.15, 0.2) is 0 Å². The molecule has 0 unspecified atom stereocenters. The van der Waals surface area contributed by atoms with Gasteiger partial charge >= 0.3 is 5.69 Å². The van der Waals surface area contributed by atoms with E-state index < -0.39 is 28.6 Å². The van der Waals surface area contributed by atoms with Crippen molar-refractivity contribution in [3.8, 4) is 5.88 Å². The summed E-state index contributed by atoms with van der Waals surface area (Å²) in [7, 11) is 1.14. The first kappa shape index (κ1) is 12.0. The molecule has 0 aliphatic carbocycles. The largest absolute Gasteiger partial charge is 0.476 e. The maximum atomic E-state index is 12.4. The summed E-state index contributed by atoms with van der Waals surface area (Å²) in [5.41, 5.74) is -0.940. The molecule has 0 aromatic carbocycles. The van der Waals surface area contributed by atoms with E-state index in [2.05, 4.69) is 9.72 Å². The molecule has 0 atom stereocenters. The van der Waals surface area contributed by atoms with Crippen LogP contribution in [0.2, 0.25) is 0 Å². The van der Waals surface area contributed by atoms with Crippen LogP contribution < -0.4 is 4.74 Å². The molecule has 0 saturated heterocycles. The Hall–Kier alpha value is -1.06. The van der Waals surface area contributed by atoms with Gasteiger partial charge in [-0.1, -0.05) is 0 Å². The van der Waals surface area contributed by atoms with Gasteiger partial charge in [0, 0.05) is 9.64 Å². The maximum absolute atomic E-state index is 12.4. The van der Waals surface area contributed by atoms with Crippen LogP contribution in [-0.4, -0.2) is 17.0 Å². The molecule has 0 saturated carbocycles. The van der Waals surface area contributed by atoms with Crippen LogP contribution in [0.15, 0.2) is 6.07 Å². The molecule has 0 aliphatic rings. The van der Waals surface area contributed by atoms with Crippen molar-refractivity contribution in [3.63, 3.8) is 0 Å². The Balaban J connectivity index is 3.35. The van der Waals surface area contributed by atoms with Gasteiger partial charge in [-0.05, 0) is 22.6 Å². The van der Waals surface area contributed by atoms with Crippen LogP contribution in [0.5, 0.6) is 5.88 Å². The third-order valence-electron chi connectivity index (χ3n) is 1.55. The minimum Gasteiger partial charge on any atom is -0.476 e. The summed E-state index contributed by atoms with van der Waals surface area (Å²) in [6.07, 6.45) is -2.79. The highest BCUT2D eigenvalue weighted by Gasteiger charge is 2.23. The average molecular weight is 330 g/mol. The Bertz CT molecular complexity index is 400. The minimum absolute atomic E-state index is 0.0371. The summed E-state index contributed by atoms with van der Waals surface area (Å²) >= 11 is 1.57. The Morgan fingerprint density at radius 1 is 1.67 bits per heavy atom. The topological polar surface area (TPSA) is 65.3 Å². The van der Waals surface area contributed by atoms with Crippen molar-refractivity contribution in [2.24, 2.45) is 0 Å². The lowest BCUT2D eigenvalue weighted by Gasteiger charge is -2.05. The molecule has 0 N–H and O–H groups in total. The molecule has 0 amide bonds. The standard InChI is InChI=1S/C7H5F2IN2O3/c1-15-7-4(12(13)14)2-3(10)5(11-7)6(8)9/h2,6H,1H3. The number of ether oxygens (including phenoxy) is 1. The average Bonchev–Trinajstić information content (AvgIpc) is 2.16. The second-order valence-corrected chi connectivity index (χ2v) is 3.60. The molecule has 1 rings (SSSR count). The zero-order valence-corrected chi connectivity index (χ0v) is 9.57. The Morgan fingerprint density at radius 3 is 2.67 bits per heavy atom. The highest BCUT2D eigenvalue weighted by Crippen LogP contribution is 2.31.